The van der Waals surface area contributed by atoms with E-state index in [1.165, 1.54) is 24.3 Å². The Balaban J connectivity index is 0.693. The Morgan fingerprint density at radius 3 is 2.48 bits per heavy atom. The minimum absolute atomic E-state index is 0.0144. The number of ether oxygens (including phenoxy) is 1. The number of nitrogens with zero attached hydrogens (tertiary/aromatic N) is 7. The number of amides is 6. The van der Waals surface area contributed by atoms with Crippen LogP contribution in [0, 0.1) is 23.2 Å². The van der Waals surface area contributed by atoms with Crippen LogP contribution in [0.15, 0.2) is 67.0 Å². The van der Waals surface area contributed by atoms with Crippen LogP contribution in [0.2, 0.25) is 0 Å². The molecule has 4 aliphatic rings. The standard InChI is InChI=1S/C48H53N13O6/c1-50-45(64)42-39(6-4-19-52-42)56-43-33(28-49)29-53-47(58-43)54-35-12-14-37(15-13-35)59-21-23-60(24-22-59)48(66)55-36-10-8-34(9-11-36)51-20-26-67-25-3-2-5-31-7-16-38-32(27-31)30-61(46(38)65)40-17-18-41(62)57-44(40)63/h4,6-7,12-16,19,27,29,34,36,40,51H,3,8-11,17-18,20-26,30H2,1H3,(H,50,64)(H,55,66)(H,57,62,63)(H2,53,54,56,58)/t34-,36+,40?. The number of urea groups is 1. The van der Waals surface area contributed by atoms with E-state index in [1.807, 2.05) is 41.3 Å². The van der Waals surface area contributed by atoms with E-state index in [-0.39, 0.29) is 59.2 Å². The summed E-state index contributed by atoms with van der Waals surface area (Å²) in [5, 5.41) is 27.6. The minimum Gasteiger partial charge on any atom is -0.379 e. The number of piperazine rings is 1. The molecule has 1 unspecified atom stereocenters. The second kappa shape index (κ2) is 21.6. The van der Waals surface area contributed by atoms with Crippen molar-refractivity contribution in [1.29, 1.82) is 5.26 Å². The molecule has 1 saturated carbocycles. The van der Waals surface area contributed by atoms with Gasteiger partial charge in [-0.15, -0.1) is 0 Å². The third kappa shape index (κ3) is 11.4. The molecule has 19 nitrogen and oxygen atoms in total. The van der Waals surface area contributed by atoms with Crippen LogP contribution in [0.1, 0.15) is 82.5 Å². The van der Waals surface area contributed by atoms with E-state index in [2.05, 4.69) is 69.7 Å². The van der Waals surface area contributed by atoms with Crippen molar-refractivity contribution in [2.24, 2.45) is 0 Å². The number of imide groups is 1. The van der Waals surface area contributed by atoms with Crippen molar-refractivity contribution < 1.29 is 28.7 Å². The zero-order chi connectivity index (χ0) is 46.7. The zero-order valence-corrected chi connectivity index (χ0v) is 37.3. The van der Waals surface area contributed by atoms with Crippen LogP contribution in [-0.2, 0) is 20.9 Å². The van der Waals surface area contributed by atoms with Gasteiger partial charge in [0.25, 0.3) is 11.8 Å². The summed E-state index contributed by atoms with van der Waals surface area (Å²) in [4.78, 5) is 81.0. The number of pyridine rings is 1. The summed E-state index contributed by atoms with van der Waals surface area (Å²) in [6, 6.07) is 18.7. The lowest BCUT2D eigenvalue weighted by Crippen LogP contribution is -2.54. The lowest BCUT2D eigenvalue weighted by molar-refractivity contribution is -0.136. The van der Waals surface area contributed by atoms with Gasteiger partial charge in [0, 0.05) is 99.9 Å². The van der Waals surface area contributed by atoms with Gasteiger partial charge in [0.15, 0.2) is 11.5 Å². The van der Waals surface area contributed by atoms with E-state index < -0.39 is 11.9 Å². The van der Waals surface area contributed by atoms with Crippen LogP contribution in [0.25, 0.3) is 0 Å². The van der Waals surface area contributed by atoms with E-state index in [0.717, 1.165) is 54.7 Å². The van der Waals surface area contributed by atoms with Crippen molar-refractivity contribution >= 4 is 58.5 Å². The van der Waals surface area contributed by atoms with Gasteiger partial charge in [-0.3, -0.25) is 24.5 Å². The summed E-state index contributed by atoms with van der Waals surface area (Å²) in [6.07, 6.45) is 7.84. The Morgan fingerprint density at radius 1 is 0.925 bits per heavy atom. The Kier molecular flexibility index (Phi) is 14.8. The van der Waals surface area contributed by atoms with Gasteiger partial charge in [-0.05, 0) is 92.3 Å². The van der Waals surface area contributed by atoms with Crippen molar-refractivity contribution in [2.45, 2.75) is 69.6 Å². The Hall–Kier alpha value is -7.61. The first-order valence-electron chi connectivity index (χ1n) is 22.6. The normalized spacial score (nSPS) is 19.1. The second-order valence-electron chi connectivity index (χ2n) is 16.7. The van der Waals surface area contributed by atoms with Crippen molar-refractivity contribution in [3.05, 3.63) is 94.9 Å². The number of hydrogen-bond donors (Lipinski definition) is 6. The molecule has 2 saturated heterocycles. The Labute approximate surface area is 388 Å². The maximum atomic E-state index is 13.2. The summed E-state index contributed by atoms with van der Waals surface area (Å²) in [6.45, 7) is 4.79. The number of nitriles is 1. The van der Waals surface area contributed by atoms with Gasteiger partial charge in [0.2, 0.25) is 17.8 Å². The molecule has 67 heavy (non-hydrogen) atoms. The van der Waals surface area contributed by atoms with Crippen LogP contribution >= 0.6 is 0 Å². The van der Waals surface area contributed by atoms with E-state index in [0.29, 0.717) is 76.1 Å². The molecule has 0 bridgehead atoms. The summed E-state index contributed by atoms with van der Waals surface area (Å²) in [5.74, 6) is 5.50. The maximum Gasteiger partial charge on any atom is 0.317 e. The smallest absolute Gasteiger partial charge is 0.317 e. The first-order chi connectivity index (χ1) is 32.6. The lowest BCUT2D eigenvalue weighted by Gasteiger charge is -2.37. The van der Waals surface area contributed by atoms with Crippen LogP contribution in [0.5, 0.6) is 0 Å². The highest BCUT2D eigenvalue weighted by atomic mass is 16.5. The number of rotatable bonds is 14. The van der Waals surface area contributed by atoms with E-state index in [1.54, 1.807) is 18.2 Å². The fraction of sp³-hybridized carbons (Fsp3) is 0.396. The van der Waals surface area contributed by atoms with Crippen molar-refractivity contribution in [2.75, 3.05) is 68.5 Å². The number of carbonyl (C=O) groups excluding carboxylic acids is 5. The number of fused-ring (bicyclic) bond motifs is 1. The highest BCUT2D eigenvalue weighted by Crippen LogP contribution is 2.29. The molecule has 6 amide bonds. The van der Waals surface area contributed by atoms with Gasteiger partial charge in [-0.25, -0.2) is 14.8 Å². The molecule has 3 fully saturated rings. The predicted octanol–water partition coefficient (Wildman–Crippen LogP) is 3.54. The molecule has 1 atom stereocenters. The highest BCUT2D eigenvalue weighted by Gasteiger charge is 2.39. The third-order valence-electron chi connectivity index (χ3n) is 12.3. The van der Waals surface area contributed by atoms with Crippen molar-refractivity contribution in [3.63, 3.8) is 0 Å². The fourth-order valence-electron chi connectivity index (χ4n) is 8.69. The quantitative estimate of drug-likeness (QED) is 0.0603. The molecule has 19 heteroatoms. The monoisotopic (exact) mass is 907 g/mol. The van der Waals surface area contributed by atoms with E-state index in [9.17, 15) is 29.2 Å². The average molecular weight is 908 g/mol. The van der Waals surface area contributed by atoms with Crippen LogP contribution in [0.3, 0.4) is 0 Å². The van der Waals surface area contributed by atoms with Gasteiger partial charge in [-0.2, -0.15) is 10.2 Å². The second-order valence-corrected chi connectivity index (χ2v) is 16.7. The topological polar surface area (TPSA) is 239 Å². The fourth-order valence-corrected chi connectivity index (χ4v) is 8.69. The number of hydrogen-bond acceptors (Lipinski definition) is 14. The van der Waals surface area contributed by atoms with Gasteiger partial charge < -0.3 is 46.0 Å². The largest absolute Gasteiger partial charge is 0.379 e. The Bertz CT molecular complexity index is 2590. The summed E-state index contributed by atoms with van der Waals surface area (Å²) < 4.78 is 5.82. The molecule has 0 spiro atoms. The summed E-state index contributed by atoms with van der Waals surface area (Å²) in [5.41, 5.74) is 4.76. The SMILES string of the molecule is CNC(=O)c1ncccc1Nc1nc(Nc2ccc(N3CCN(C(=O)N[C@H]4CC[C@@H](NCCOCCC#Cc5ccc6c(c5)CN(C5CCC(=O)NC5=O)C6=O)CC4)CC3)cc2)ncc1C#N. The van der Waals surface area contributed by atoms with Gasteiger partial charge >= 0.3 is 6.03 Å². The molecule has 346 valence electrons. The molecule has 4 aromatic rings. The molecule has 6 N–H and O–H groups in total. The van der Waals surface area contributed by atoms with E-state index >= 15 is 0 Å². The van der Waals surface area contributed by atoms with Gasteiger partial charge in [0.1, 0.15) is 17.7 Å². The van der Waals surface area contributed by atoms with Gasteiger partial charge in [-0.1, -0.05) is 11.8 Å². The van der Waals surface area contributed by atoms with Crippen molar-refractivity contribution in [3.8, 4) is 17.9 Å². The molecule has 8 rings (SSSR count). The molecule has 5 heterocycles. The summed E-state index contributed by atoms with van der Waals surface area (Å²) in [7, 11) is 1.52. The Morgan fingerprint density at radius 2 is 1.72 bits per heavy atom. The molecular weight excluding hydrogens is 855 g/mol. The average Bonchev–Trinajstić information content (AvgIpc) is 3.67. The molecule has 2 aromatic heterocycles. The number of piperidine rings is 1. The number of aromatic nitrogens is 3. The van der Waals surface area contributed by atoms with Crippen LogP contribution < -0.4 is 36.8 Å². The minimum atomic E-state index is -0.637. The van der Waals surface area contributed by atoms with Crippen molar-refractivity contribution in [1.82, 2.24) is 46.0 Å². The van der Waals surface area contributed by atoms with Gasteiger partial charge in [0.05, 0.1) is 25.1 Å². The molecule has 3 aliphatic heterocycles. The molecule has 1 aliphatic carbocycles. The lowest BCUT2D eigenvalue weighted by atomic mass is 9.91. The summed E-state index contributed by atoms with van der Waals surface area (Å²) >= 11 is 0. The maximum absolute atomic E-state index is 13.2. The van der Waals surface area contributed by atoms with Crippen LogP contribution in [0.4, 0.5) is 33.6 Å². The highest BCUT2D eigenvalue weighted by molar-refractivity contribution is 6.05. The molecule has 0 radical (unpaired) electrons. The van der Waals surface area contributed by atoms with Crippen LogP contribution in [-0.4, -0.2) is 126 Å². The third-order valence-corrected chi connectivity index (χ3v) is 12.3. The zero-order valence-electron chi connectivity index (χ0n) is 37.3. The molecule has 2 aromatic carbocycles. The number of anilines is 5. The first-order valence-corrected chi connectivity index (χ1v) is 22.6. The first kappa shape index (κ1) is 45.9. The number of benzene rings is 2. The van der Waals surface area contributed by atoms with E-state index in [4.69, 9.17) is 4.74 Å². The number of nitrogens with one attached hydrogen (secondary N) is 6. The molecular formula is C48H53N13O6. The predicted molar refractivity (Wildman–Crippen MR) is 249 cm³/mol. The number of carbonyl (C=O) groups is 5.